The Morgan fingerprint density at radius 2 is 2.27 bits per heavy atom. The quantitative estimate of drug-likeness (QED) is 0.515. The lowest BCUT2D eigenvalue weighted by Gasteiger charge is -2.42. The van der Waals surface area contributed by atoms with E-state index in [9.17, 15) is 0 Å². The smallest absolute Gasteiger partial charge is 0.0399 e. The van der Waals surface area contributed by atoms with Crippen molar-refractivity contribution in [3.05, 3.63) is 6.04 Å². The lowest BCUT2D eigenvalue weighted by molar-refractivity contribution is 0.113. The lowest BCUT2D eigenvalue weighted by Crippen LogP contribution is -2.44. The van der Waals surface area contributed by atoms with Crippen molar-refractivity contribution in [1.82, 2.24) is 4.90 Å². The van der Waals surface area contributed by atoms with Gasteiger partial charge in [0, 0.05) is 11.6 Å². The van der Waals surface area contributed by atoms with Gasteiger partial charge < -0.3 is 0 Å². The van der Waals surface area contributed by atoms with Crippen molar-refractivity contribution in [3.8, 4) is 0 Å². The number of hydrogen-bond donors (Lipinski definition) is 0. The van der Waals surface area contributed by atoms with E-state index >= 15 is 0 Å². The molecule has 0 N–H and O–H groups in total. The van der Waals surface area contributed by atoms with Gasteiger partial charge in [-0.25, -0.2) is 0 Å². The van der Waals surface area contributed by atoms with Gasteiger partial charge in [-0.05, 0) is 45.6 Å². The highest BCUT2D eigenvalue weighted by Gasteiger charge is 2.45. The zero-order valence-corrected chi connectivity index (χ0v) is 7.85. The SMILES string of the molecule is CC1C[C]2CCC(C)(C1)N2C. The summed E-state index contributed by atoms with van der Waals surface area (Å²) < 4.78 is 0. The van der Waals surface area contributed by atoms with E-state index < -0.39 is 0 Å². The molecule has 2 heterocycles. The van der Waals surface area contributed by atoms with Gasteiger partial charge in [0.15, 0.2) is 0 Å². The van der Waals surface area contributed by atoms with E-state index in [0.717, 1.165) is 5.92 Å². The van der Waals surface area contributed by atoms with Crippen LogP contribution in [-0.2, 0) is 0 Å². The fourth-order valence-electron chi connectivity index (χ4n) is 2.83. The molecule has 2 unspecified atom stereocenters. The summed E-state index contributed by atoms with van der Waals surface area (Å²) in [6.07, 6.45) is 5.50. The van der Waals surface area contributed by atoms with Crippen LogP contribution in [-0.4, -0.2) is 17.5 Å². The third-order valence-electron chi connectivity index (χ3n) is 3.61. The largest absolute Gasteiger partial charge is 0.293 e. The van der Waals surface area contributed by atoms with Crippen LogP contribution in [0, 0.1) is 12.0 Å². The Labute approximate surface area is 69.8 Å². The molecule has 2 aliphatic rings. The van der Waals surface area contributed by atoms with Crippen LogP contribution < -0.4 is 0 Å². The molecule has 0 saturated carbocycles. The van der Waals surface area contributed by atoms with E-state index in [1.54, 1.807) is 6.04 Å². The Hall–Kier alpha value is -0.0400. The van der Waals surface area contributed by atoms with Crippen molar-refractivity contribution in [3.63, 3.8) is 0 Å². The van der Waals surface area contributed by atoms with Crippen molar-refractivity contribution in [2.24, 2.45) is 5.92 Å². The summed E-state index contributed by atoms with van der Waals surface area (Å²) in [5, 5.41) is 0. The maximum absolute atomic E-state index is 2.53. The van der Waals surface area contributed by atoms with Crippen LogP contribution in [0.2, 0.25) is 0 Å². The normalized spacial score (nSPS) is 46.6. The molecule has 2 saturated heterocycles. The van der Waals surface area contributed by atoms with Gasteiger partial charge in [0.05, 0.1) is 0 Å². The van der Waals surface area contributed by atoms with Crippen molar-refractivity contribution in [2.45, 2.75) is 45.1 Å². The molecule has 63 valence electrons. The van der Waals surface area contributed by atoms with E-state index in [1.807, 2.05) is 0 Å². The molecular formula is C10H18N. The molecule has 0 aromatic carbocycles. The maximum atomic E-state index is 2.53. The minimum absolute atomic E-state index is 0.521. The lowest BCUT2D eigenvalue weighted by atomic mass is 9.84. The molecule has 1 nitrogen and oxygen atoms in total. The Morgan fingerprint density at radius 1 is 1.55 bits per heavy atom. The molecule has 2 bridgehead atoms. The molecule has 0 aliphatic carbocycles. The molecular weight excluding hydrogens is 134 g/mol. The highest BCUT2D eigenvalue weighted by molar-refractivity contribution is 5.10. The molecule has 2 atom stereocenters. The molecule has 2 fully saturated rings. The Balaban J connectivity index is 2.20. The Bertz CT molecular complexity index is 166. The van der Waals surface area contributed by atoms with Crippen LogP contribution >= 0.6 is 0 Å². The number of hydrogen-bond acceptors (Lipinski definition) is 1. The van der Waals surface area contributed by atoms with Gasteiger partial charge in [0.1, 0.15) is 0 Å². The molecule has 1 radical (unpaired) electrons. The minimum Gasteiger partial charge on any atom is -0.293 e. The van der Waals surface area contributed by atoms with Gasteiger partial charge in [0.2, 0.25) is 0 Å². The summed E-state index contributed by atoms with van der Waals surface area (Å²) in [5.41, 5.74) is 0.521. The van der Waals surface area contributed by atoms with Crippen molar-refractivity contribution in [1.29, 1.82) is 0 Å². The number of fused-ring (bicyclic) bond motifs is 2. The van der Waals surface area contributed by atoms with E-state index in [-0.39, 0.29) is 0 Å². The van der Waals surface area contributed by atoms with Crippen molar-refractivity contribution in [2.75, 3.05) is 7.05 Å². The van der Waals surface area contributed by atoms with Gasteiger partial charge in [0.25, 0.3) is 0 Å². The average Bonchev–Trinajstić information content (AvgIpc) is 2.17. The van der Waals surface area contributed by atoms with Gasteiger partial charge in [-0.2, -0.15) is 0 Å². The van der Waals surface area contributed by atoms with Crippen LogP contribution in [0.3, 0.4) is 0 Å². The summed E-state index contributed by atoms with van der Waals surface area (Å²) in [5.74, 6) is 0.925. The first-order valence-corrected chi connectivity index (χ1v) is 4.70. The molecule has 11 heavy (non-hydrogen) atoms. The predicted octanol–water partition coefficient (Wildman–Crippen LogP) is 2.43. The first-order chi connectivity index (χ1) is 5.12. The number of piperidine rings is 1. The van der Waals surface area contributed by atoms with Gasteiger partial charge >= 0.3 is 0 Å². The molecule has 0 spiro atoms. The fraction of sp³-hybridized carbons (Fsp3) is 0.900. The predicted molar refractivity (Wildman–Crippen MR) is 47.0 cm³/mol. The first kappa shape index (κ1) is 7.60. The second-order valence-electron chi connectivity index (χ2n) is 4.64. The highest BCUT2D eigenvalue weighted by atomic mass is 15.2. The Morgan fingerprint density at radius 3 is 2.91 bits per heavy atom. The average molecular weight is 152 g/mol. The highest BCUT2D eigenvalue weighted by Crippen LogP contribution is 2.48. The van der Waals surface area contributed by atoms with Crippen molar-refractivity contribution < 1.29 is 0 Å². The second kappa shape index (κ2) is 2.22. The topological polar surface area (TPSA) is 3.24 Å². The molecule has 2 rings (SSSR count). The van der Waals surface area contributed by atoms with Crippen molar-refractivity contribution >= 4 is 0 Å². The summed E-state index contributed by atoms with van der Waals surface area (Å²) in [6, 6.07) is 1.70. The van der Waals surface area contributed by atoms with Crippen LogP contribution in [0.25, 0.3) is 0 Å². The molecule has 0 aromatic heterocycles. The second-order valence-corrected chi connectivity index (χ2v) is 4.64. The zero-order chi connectivity index (χ0) is 8.06. The van der Waals surface area contributed by atoms with E-state index in [2.05, 4.69) is 25.8 Å². The third-order valence-corrected chi connectivity index (χ3v) is 3.61. The van der Waals surface area contributed by atoms with E-state index in [4.69, 9.17) is 0 Å². The fourth-order valence-corrected chi connectivity index (χ4v) is 2.83. The van der Waals surface area contributed by atoms with Crippen LogP contribution in [0.1, 0.15) is 39.5 Å². The van der Waals surface area contributed by atoms with Crippen LogP contribution in [0.15, 0.2) is 0 Å². The Kier molecular flexibility index (Phi) is 1.54. The minimum atomic E-state index is 0.521. The summed E-state index contributed by atoms with van der Waals surface area (Å²) in [6.45, 7) is 4.80. The first-order valence-electron chi connectivity index (χ1n) is 4.70. The standard InChI is InChI=1S/C10H18N/c1-8-6-9-4-5-10(2,7-8)11(9)3/h8H,4-7H2,1-3H3. The van der Waals surface area contributed by atoms with Gasteiger partial charge in [-0.15, -0.1) is 0 Å². The molecule has 0 amide bonds. The molecule has 2 aliphatic heterocycles. The van der Waals surface area contributed by atoms with Gasteiger partial charge in [-0.1, -0.05) is 6.92 Å². The third kappa shape index (κ3) is 1.01. The van der Waals surface area contributed by atoms with Gasteiger partial charge in [-0.3, -0.25) is 4.90 Å². The van der Waals surface area contributed by atoms with Crippen LogP contribution in [0.5, 0.6) is 0 Å². The van der Waals surface area contributed by atoms with E-state index in [0.29, 0.717) is 5.54 Å². The summed E-state index contributed by atoms with van der Waals surface area (Å²) in [4.78, 5) is 2.53. The zero-order valence-electron chi connectivity index (χ0n) is 7.85. The summed E-state index contributed by atoms with van der Waals surface area (Å²) in [7, 11) is 2.27. The summed E-state index contributed by atoms with van der Waals surface area (Å²) >= 11 is 0. The monoisotopic (exact) mass is 152 g/mol. The molecule has 0 aromatic rings. The maximum Gasteiger partial charge on any atom is 0.0399 e. The van der Waals surface area contributed by atoms with E-state index in [1.165, 1.54) is 25.7 Å². The number of rotatable bonds is 0. The number of nitrogens with zero attached hydrogens (tertiary/aromatic N) is 1. The van der Waals surface area contributed by atoms with Crippen LogP contribution in [0.4, 0.5) is 0 Å². The molecule has 1 heteroatoms.